The smallest absolute Gasteiger partial charge is 0.309 e. The molecular weight excluding hydrogens is 292 g/mol. The van der Waals surface area contributed by atoms with Crippen molar-refractivity contribution >= 4 is 29.2 Å². The number of nitrogens with zero attached hydrogens (tertiary/aromatic N) is 1. The van der Waals surface area contributed by atoms with Gasteiger partial charge in [-0.3, -0.25) is 9.59 Å². The number of nitrogens with one attached hydrogen (secondary N) is 1. The molecule has 0 radical (unpaired) electrons. The minimum absolute atomic E-state index is 0.110. The quantitative estimate of drug-likeness (QED) is 0.786. The Morgan fingerprint density at radius 1 is 1.38 bits per heavy atom. The van der Waals surface area contributed by atoms with E-state index in [0.29, 0.717) is 30.2 Å². The summed E-state index contributed by atoms with van der Waals surface area (Å²) < 4.78 is 4.67. The van der Waals surface area contributed by atoms with Crippen molar-refractivity contribution in [3.05, 3.63) is 29.3 Å². The number of rotatable bonds is 7. The molecule has 0 bridgehead atoms. The van der Waals surface area contributed by atoms with Crippen LogP contribution in [0.1, 0.15) is 13.3 Å². The van der Waals surface area contributed by atoms with Crippen molar-refractivity contribution in [3.8, 4) is 0 Å². The highest BCUT2D eigenvalue weighted by atomic mass is 35.5. The first kappa shape index (κ1) is 17.5. The van der Waals surface area contributed by atoms with Gasteiger partial charge in [-0.15, -0.1) is 0 Å². The van der Waals surface area contributed by atoms with Gasteiger partial charge in [-0.1, -0.05) is 30.7 Å². The maximum absolute atomic E-state index is 11.9. The molecule has 1 unspecified atom stereocenters. The number of hydrogen-bond acceptors (Lipinski definition) is 4. The Balaban J connectivity index is 2.36. The third-order valence-corrected chi connectivity index (χ3v) is 3.39. The molecule has 0 aliphatic rings. The maximum Gasteiger partial charge on any atom is 0.309 e. The molecule has 6 heteroatoms. The highest BCUT2D eigenvalue weighted by molar-refractivity contribution is 6.33. The lowest BCUT2D eigenvalue weighted by Crippen LogP contribution is -2.31. The van der Waals surface area contributed by atoms with Crippen LogP contribution in [0.5, 0.6) is 0 Å². The molecule has 0 aromatic heterocycles. The Bertz CT molecular complexity index is 494. The monoisotopic (exact) mass is 312 g/mol. The van der Waals surface area contributed by atoms with Crippen LogP contribution in [-0.4, -0.2) is 44.0 Å². The van der Waals surface area contributed by atoms with Crippen molar-refractivity contribution < 1.29 is 14.3 Å². The summed E-state index contributed by atoms with van der Waals surface area (Å²) in [6.45, 7) is 2.90. The van der Waals surface area contributed by atoms with Gasteiger partial charge < -0.3 is 15.0 Å². The summed E-state index contributed by atoms with van der Waals surface area (Å²) in [7, 11) is 3.23. The minimum atomic E-state index is -0.248. The van der Waals surface area contributed by atoms with E-state index in [9.17, 15) is 9.59 Å². The van der Waals surface area contributed by atoms with Crippen molar-refractivity contribution in [3.63, 3.8) is 0 Å². The molecule has 0 fully saturated rings. The van der Waals surface area contributed by atoms with Crippen molar-refractivity contribution in [2.45, 2.75) is 13.3 Å². The van der Waals surface area contributed by atoms with Crippen LogP contribution in [0.15, 0.2) is 24.3 Å². The van der Waals surface area contributed by atoms with E-state index in [4.69, 9.17) is 11.6 Å². The minimum Gasteiger partial charge on any atom is -0.469 e. The number of carbonyl (C=O) groups is 2. The third kappa shape index (κ3) is 6.14. The first-order valence-electron chi connectivity index (χ1n) is 6.74. The van der Waals surface area contributed by atoms with Crippen LogP contribution >= 0.6 is 11.6 Å². The number of anilines is 1. The van der Waals surface area contributed by atoms with Gasteiger partial charge in [0.05, 0.1) is 23.7 Å². The average molecular weight is 313 g/mol. The zero-order valence-corrected chi connectivity index (χ0v) is 13.3. The molecule has 0 spiro atoms. The van der Waals surface area contributed by atoms with E-state index in [1.54, 1.807) is 25.1 Å². The largest absolute Gasteiger partial charge is 0.469 e. The van der Waals surface area contributed by atoms with Gasteiger partial charge in [0.25, 0.3) is 0 Å². The normalized spacial score (nSPS) is 12.0. The zero-order chi connectivity index (χ0) is 15.8. The van der Waals surface area contributed by atoms with Crippen molar-refractivity contribution in [2.75, 3.05) is 32.6 Å². The van der Waals surface area contributed by atoms with Gasteiger partial charge in [0.2, 0.25) is 5.91 Å². The van der Waals surface area contributed by atoms with Gasteiger partial charge in [0, 0.05) is 19.5 Å². The molecule has 1 N–H and O–H groups in total. The molecule has 1 aromatic rings. The Morgan fingerprint density at radius 3 is 2.67 bits per heavy atom. The van der Waals surface area contributed by atoms with E-state index in [2.05, 4.69) is 10.1 Å². The molecule has 1 atom stereocenters. The van der Waals surface area contributed by atoms with Crippen molar-refractivity contribution in [1.82, 2.24) is 4.90 Å². The van der Waals surface area contributed by atoms with Crippen LogP contribution in [0.25, 0.3) is 0 Å². The second kappa shape index (κ2) is 8.64. The molecule has 0 aliphatic heterocycles. The predicted octanol–water partition coefficient (Wildman–Crippen LogP) is 2.41. The lowest BCUT2D eigenvalue weighted by molar-refractivity contribution is -0.145. The third-order valence-electron chi connectivity index (χ3n) is 3.06. The zero-order valence-electron chi connectivity index (χ0n) is 12.6. The van der Waals surface area contributed by atoms with E-state index in [1.165, 1.54) is 7.11 Å². The van der Waals surface area contributed by atoms with Crippen LogP contribution in [0, 0.1) is 5.92 Å². The summed E-state index contributed by atoms with van der Waals surface area (Å²) in [5.74, 6) is -0.574. The first-order valence-corrected chi connectivity index (χ1v) is 7.12. The molecule has 0 saturated carbocycles. The number of benzene rings is 1. The number of halogens is 1. The molecule has 0 aliphatic carbocycles. The molecule has 0 heterocycles. The number of hydrogen-bond donors (Lipinski definition) is 1. The van der Waals surface area contributed by atoms with Gasteiger partial charge >= 0.3 is 5.97 Å². The summed E-state index contributed by atoms with van der Waals surface area (Å²) in [6.07, 6.45) is 0.329. The summed E-state index contributed by atoms with van der Waals surface area (Å²) in [5.41, 5.74) is 0.606. The summed E-state index contributed by atoms with van der Waals surface area (Å²) in [6, 6.07) is 7.09. The average Bonchev–Trinajstić information content (AvgIpc) is 2.46. The van der Waals surface area contributed by atoms with Crippen LogP contribution in [0.2, 0.25) is 5.02 Å². The van der Waals surface area contributed by atoms with Gasteiger partial charge in [-0.05, 0) is 19.2 Å². The number of amides is 1. The van der Waals surface area contributed by atoms with E-state index in [0.717, 1.165) is 0 Å². The van der Waals surface area contributed by atoms with Crippen LogP contribution in [0.3, 0.4) is 0 Å². The fourth-order valence-electron chi connectivity index (χ4n) is 1.90. The molecular formula is C15H21ClN2O3. The van der Waals surface area contributed by atoms with Crippen LogP contribution < -0.4 is 5.32 Å². The fourth-order valence-corrected chi connectivity index (χ4v) is 2.09. The molecule has 5 nitrogen and oxygen atoms in total. The fraction of sp³-hybridized carbons (Fsp3) is 0.467. The lowest BCUT2D eigenvalue weighted by atomic mass is 10.1. The summed E-state index contributed by atoms with van der Waals surface area (Å²) in [4.78, 5) is 25.1. The van der Waals surface area contributed by atoms with Crippen LogP contribution in [0.4, 0.5) is 5.69 Å². The lowest BCUT2D eigenvalue weighted by Gasteiger charge is -2.19. The van der Waals surface area contributed by atoms with E-state index >= 15 is 0 Å². The van der Waals surface area contributed by atoms with E-state index in [1.807, 2.05) is 18.0 Å². The Morgan fingerprint density at radius 2 is 2.05 bits per heavy atom. The topological polar surface area (TPSA) is 58.6 Å². The number of ether oxygens (including phenoxy) is 1. The Hall–Kier alpha value is -1.59. The highest BCUT2D eigenvalue weighted by Gasteiger charge is 2.16. The van der Waals surface area contributed by atoms with Crippen molar-refractivity contribution in [2.24, 2.45) is 5.92 Å². The molecule has 1 amide bonds. The molecule has 1 rings (SSSR count). The Labute approximate surface area is 130 Å². The second-order valence-electron chi connectivity index (χ2n) is 4.96. The number of para-hydroxylation sites is 1. The van der Waals surface area contributed by atoms with Crippen molar-refractivity contribution in [1.29, 1.82) is 0 Å². The number of esters is 1. The molecule has 21 heavy (non-hydrogen) atoms. The predicted molar refractivity (Wildman–Crippen MR) is 83.4 cm³/mol. The molecule has 116 valence electrons. The number of carbonyl (C=O) groups excluding carboxylic acids is 2. The highest BCUT2D eigenvalue weighted by Crippen LogP contribution is 2.20. The molecule has 0 saturated heterocycles. The Kier molecular flexibility index (Phi) is 7.19. The molecule has 1 aromatic carbocycles. The second-order valence-corrected chi connectivity index (χ2v) is 5.37. The van der Waals surface area contributed by atoms with Gasteiger partial charge in [0.1, 0.15) is 0 Å². The maximum atomic E-state index is 11.9. The first-order chi connectivity index (χ1) is 9.93. The van der Waals surface area contributed by atoms with Gasteiger partial charge in [-0.2, -0.15) is 0 Å². The number of methoxy groups -OCH3 is 1. The summed E-state index contributed by atoms with van der Waals surface area (Å²) >= 11 is 5.97. The van der Waals surface area contributed by atoms with E-state index in [-0.39, 0.29) is 17.8 Å². The SMILES string of the molecule is COC(=O)C(C)CN(C)CCC(=O)Nc1ccccc1Cl. The summed E-state index contributed by atoms with van der Waals surface area (Å²) in [5, 5.41) is 3.28. The van der Waals surface area contributed by atoms with Crippen LogP contribution in [-0.2, 0) is 14.3 Å². The van der Waals surface area contributed by atoms with Gasteiger partial charge in [0.15, 0.2) is 0 Å². The van der Waals surface area contributed by atoms with E-state index < -0.39 is 0 Å². The van der Waals surface area contributed by atoms with Gasteiger partial charge in [-0.25, -0.2) is 0 Å². The standard InChI is InChI=1S/C15H21ClN2O3/c1-11(15(20)21-3)10-18(2)9-8-14(19)17-13-7-5-4-6-12(13)16/h4-7,11H,8-10H2,1-3H3,(H,17,19).